The second-order valence-corrected chi connectivity index (χ2v) is 3.97. The Labute approximate surface area is 103 Å². The number of hydrogen-bond acceptors (Lipinski definition) is 6. The summed E-state index contributed by atoms with van der Waals surface area (Å²) in [6, 6.07) is 1.83. The summed E-state index contributed by atoms with van der Waals surface area (Å²) < 4.78 is 5.06. The van der Waals surface area contributed by atoms with Gasteiger partial charge in [-0.3, -0.25) is 0 Å². The lowest BCUT2D eigenvalue weighted by Crippen LogP contribution is -2.07. The van der Waals surface area contributed by atoms with Gasteiger partial charge in [0, 0.05) is 6.07 Å². The smallest absolute Gasteiger partial charge is 0.224 e. The summed E-state index contributed by atoms with van der Waals surface area (Å²) >= 11 is 5.75. The Morgan fingerprint density at radius 3 is 2.82 bits per heavy atom. The molecule has 0 atom stereocenters. The van der Waals surface area contributed by atoms with Gasteiger partial charge in [0.2, 0.25) is 5.28 Å². The number of nitrogens with two attached hydrogens (primary N) is 1. The number of aromatic nitrogens is 3. The summed E-state index contributed by atoms with van der Waals surface area (Å²) in [6.07, 6.45) is 0. The molecule has 6 nitrogen and oxygen atoms in total. The van der Waals surface area contributed by atoms with E-state index in [1.807, 2.05) is 13.0 Å². The predicted octanol–water partition coefficient (Wildman–Crippen LogP) is 1.93. The number of hydrogen-bond donors (Lipinski definition) is 2. The van der Waals surface area contributed by atoms with Gasteiger partial charge in [-0.1, -0.05) is 5.16 Å². The second-order valence-electron chi connectivity index (χ2n) is 3.63. The van der Waals surface area contributed by atoms with E-state index in [0.29, 0.717) is 29.5 Å². The topological polar surface area (TPSA) is 89.9 Å². The van der Waals surface area contributed by atoms with Crippen LogP contribution in [0.3, 0.4) is 0 Å². The number of rotatable bonds is 3. The molecule has 2 rings (SSSR count). The molecule has 0 amide bonds. The van der Waals surface area contributed by atoms with Gasteiger partial charge in [0.25, 0.3) is 0 Å². The maximum atomic E-state index is 5.83. The summed E-state index contributed by atoms with van der Waals surface area (Å²) in [4.78, 5) is 7.96. The van der Waals surface area contributed by atoms with Crippen molar-refractivity contribution in [2.24, 2.45) is 0 Å². The minimum atomic E-state index is 0.160. The molecule has 0 aliphatic heterocycles. The third-order valence-corrected chi connectivity index (χ3v) is 2.38. The molecule has 2 aromatic rings. The Morgan fingerprint density at radius 2 is 2.18 bits per heavy atom. The van der Waals surface area contributed by atoms with Crippen molar-refractivity contribution in [3.63, 3.8) is 0 Å². The Bertz CT molecular complexity index is 539. The lowest BCUT2D eigenvalue weighted by molar-refractivity contribution is 0.384. The lowest BCUT2D eigenvalue weighted by atomic mass is 10.3. The van der Waals surface area contributed by atoms with Crippen molar-refractivity contribution >= 4 is 23.1 Å². The number of nitrogens with zero attached hydrogens (tertiary/aromatic N) is 3. The van der Waals surface area contributed by atoms with Crippen molar-refractivity contribution in [2.45, 2.75) is 20.4 Å². The molecule has 0 aliphatic carbocycles. The monoisotopic (exact) mass is 253 g/mol. The van der Waals surface area contributed by atoms with Crippen molar-refractivity contribution < 1.29 is 4.52 Å². The van der Waals surface area contributed by atoms with E-state index in [1.54, 1.807) is 6.92 Å². The maximum absolute atomic E-state index is 5.83. The minimum absolute atomic E-state index is 0.160. The zero-order valence-corrected chi connectivity index (χ0v) is 10.2. The van der Waals surface area contributed by atoms with Gasteiger partial charge in [-0.25, -0.2) is 4.98 Å². The molecule has 0 fully saturated rings. The average Bonchev–Trinajstić information content (AvgIpc) is 2.67. The van der Waals surface area contributed by atoms with Crippen LogP contribution in [-0.4, -0.2) is 15.1 Å². The first-order chi connectivity index (χ1) is 8.06. The van der Waals surface area contributed by atoms with E-state index in [4.69, 9.17) is 21.9 Å². The van der Waals surface area contributed by atoms with Crippen molar-refractivity contribution in [1.29, 1.82) is 0 Å². The van der Waals surface area contributed by atoms with Gasteiger partial charge in [0.1, 0.15) is 0 Å². The Hall–Kier alpha value is -1.82. The fourth-order valence-electron chi connectivity index (χ4n) is 1.35. The highest BCUT2D eigenvalue weighted by Gasteiger charge is 2.08. The second kappa shape index (κ2) is 4.58. The van der Waals surface area contributed by atoms with Gasteiger partial charge in [0.15, 0.2) is 11.6 Å². The first kappa shape index (κ1) is 11.7. The van der Waals surface area contributed by atoms with E-state index in [-0.39, 0.29) is 5.28 Å². The number of nitrogen functional groups attached to an aromatic ring is 1. The first-order valence-corrected chi connectivity index (χ1v) is 5.39. The van der Waals surface area contributed by atoms with Crippen molar-refractivity contribution in [3.8, 4) is 0 Å². The van der Waals surface area contributed by atoms with Gasteiger partial charge in [-0.15, -0.1) is 0 Å². The van der Waals surface area contributed by atoms with Crippen LogP contribution in [-0.2, 0) is 6.54 Å². The fourth-order valence-corrected chi connectivity index (χ4v) is 1.56. The summed E-state index contributed by atoms with van der Waals surface area (Å²) in [6.45, 7) is 4.07. The van der Waals surface area contributed by atoms with E-state index in [1.165, 1.54) is 0 Å². The van der Waals surface area contributed by atoms with Crippen LogP contribution < -0.4 is 11.1 Å². The highest BCUT2D eigenvalue weighted by molar-refractivity contribution is 6.28. The summed E-state index contributed by atoms with van der Waals surface area (Å²) in [5, 5.41) is 6.97. The molecule has 2 heterocycles. The molecule has 90 valence electrons. The van der Waals surface area contributed by atoms with Crippen molar-refractivity contribution in [1.82, 2.24) is 15.1 Å². The van der Waals surface area contributed by atoms with Crippen molar-refractivity contribution in [2.75, 3.05) is 11.1 Å². The van der Waals surface area contributed by atoms with Crippen LogP contribution in [0.5, 0.6) is 0 Å². The Balaban J connectivity index is 2.14. The number of anilines is 2. The van der Waals surface area contributed by atoms with Crippen LogP contribution in [0.2, 0.25) is 5.28 Å². The molecule has 0 saturated carbocycles. The van der Waals surface area contributed by atoms with Crippen LogP contribution in [0, 0.1) is 13.8 Å². The average molecular weight is 254 g/mol. The van der Waals surface area contributed by atoms with Gasteiger partial charge in [0.05, 0.1) is 23.6 Å². The normalized spacial score (nSPS) is 10.5. The highest BCUT2D eigenvalue weighted by Crippen LogP contribution is 2.21. The Morgan fingerprint density at radius 1 is 1.41 bits per heavy atom. The van der Waals surface area contributed by atoms with E-state index < -0.39 is 0 Å². The zero-order valence-electron chi connectivity index (χ0n) is 9.49. The number of halogens is 1. The van der Waals surface area contributed by atoms with Crippen LogP contribution in [0.15, 0.2) is 10.6 Å². The molecule has 0 unspecified atom stereocenters. The predicted molar refractivity (Wildman–Crippen MR) is 64.8 cm³/mol. The van der Waals surface area contributed by atoms with Crippen LogP contribution in [0.25, 0.3) is 0 Å². The van der Waals surface area contributed by atoms with Crippen LogP contribution in [0.4, 0.5) is 11.5 Å². The number of nitrogens with one attached hydrogen (secondary N) is 1. The van der Waals surface area contributed by atoms with Gasteiger partial charge in [-0.2, -0.15) is 4.98 Å². The van der Waals surface area contributed by atoms with E-state index in [2.05, 4.69) is 20.4 Å². The molecule has 7 heteroatoms. The maximum Gasteiger partial charge on any atom is 0.224 e. The van der Waals surface area contributed by atoms with Crippen molar-refractivity contribution in [3.05, 3.63) is 28.5 Å². The molecule has 0 bridgehead atoms. The quantitative estimate of drug-likeness (QED) is 0.813. The van der Waals surface area contributed by atoms with Gasteiger partial charge >= 0.3 is 0 Å². The summed E-state index contributed by atoms with van der Waals surface area (Å²) in [5.74, 6) is 1.20. The largest absolute Gasteiger partial charge is 0.394 e. The summed E-state index contributed by atoms with van der Waals surface area (Å²) in [5.41, 5.74) is 7.77. The van der Waals surface area contributed by atoms with E-state index in [9.17, 15) is 0 Å². The molecular formula is C10H12ClN5O. The van der Waals surface area contributed by atoms with Crippen LogP contribution >= 0.6 is 11.6 Å². The molecule has 0 radical (unpaired) electrons. The minimum Gasteiger partial charge on any atom is -0.394 e. The van der Waals surface area contributed by atoms with Gasteiger partial charge in [-0.05, 0) is 25.4 Å². The molecule has 17 heavy (non-hydrogen) atoms. The highest BCUT2D eigenvalue weighted by atomic mass is 35.5. The third kappa shape index (κ3) is 2.65. The Kier molecular flexibility index (Phi) is 3.14. The van der Waals surface area contributed by atoms with E-state index >= 15 is 0 Å². The van der Waals surface area contributed by atoms with E-state index in [0.717, 1.165) is 5.69 Å². The first-order valence-electron chi connectivity index (χ1n) is 5.02. The van der Waals surface area contributed by atoms with Crippen LogP contribution in [0.1, 0.15) is 17.1 Å². The molecule has 0 aliphatic rings. The molecule has 0 spiro atoms. The SMILES string of the molecule is Cc1cc(CNc2nc(Cl)nc(C)c2N)on1. The molecule has 0 saturated heterocycles. The molecular weight excluding hydrogens is 242 g/mol. The number of aryl methyl sites for hydroxylation is 2. The third-order valence-electron chi connectivity index (χ3n) is 2.22. The van der Waals surface area contributed by atoms with Gasteiger partial charge < -0.3 is 15.6 Å². The zero-order chi connectivity index (χ0) is 12.4. The standard InChI is InChI=1S/C10H12ClN5O/c1-5-3-7(17-16-5)4-13-9-8(12)6(2)14-10(11)15-9/h3H,4,12H2,1-2H3,(H,13,14,15). The fraction of sp³-hybridized carbons (Fsp3) is 0.300. The molecule has 2 aromatic heterocycles. The lowest BCUT2D eigenvalue weighted by Gasteiger charge is -2.08. The molecule has 0 aromatic carbocycles. The molecule has 3 N–H and O–H groups in total. The summed E-state index contributed by atoms with van der Waals surface area (Å²) in [7, 11) is 0.